The lowest BCUT2D eigenvalue weighted by molar-refractivity contribution is 0.324. The van der Waals surface area contributed by atoms with E-state index in [1.165, 1.54) is 0 Å². The van der Waals surface area contributed by atoms with E-state index in [-0.39, 0.29) is 10.8 Å². The summed E-state index contributed by atoms with van der Waals surface area (Å²) >= 11 is 0. The molecule has 0 saturated heterocycles. The highest BCUT2D eigenvalue weighted by molar-refractivity contribution is 5.54. The Kier molecular flexibility index (Phi) is 3.99. The maximum Gasteiger partial charge on any atom is 0.123 e. The van der Waals surface area contributed by atoms with E-state index in [9.17, 15) is 5.11 Å². The number of benzene rings is 1. The molecule has 0 spiro atoms. The molecule has 18 heavy (non-hydrogen) atoms. The van der Waals surface area contributed by atoms with Gasteiger partial charge in [-0.05, 0) is 29.9 Å². The quantitative estimate of drug-likeness (QED) is 0.843. The molecular formula is C16H26O2. The first-order valence-electron chi connectivity index (χ1n) is 6.58. The molecule has 2 heteroatoms. The average Bonchev–Trinajstić information content (AvgIpc) is 2.17. The molecule has 0 unspecified atom stereocenters. The van der Waals surface area contributed by atoms with Crippen molar-refractivity contribution in [2.45, 2.75) is 59.3 Å². The third-order valence-corrected chi connectivity index (χ3v) is 2.94. The number of hydrogen-bond donors (Lipinski definition) is 1. The number of aromatic hydroxyl groups is 1. The van der Waals surface area contributed by atoms with Crippen LogP contribution in [-0.2, 0) is 10.8 Å². The molecule has 0 aliphatic rings. The summed E-state index contributed by atoms with van der Waals surface area (Å²) in [5.74, 6) is 1.24. The Hall–Kier alpha value is -1.18. The summed E-state index contributed by atoms with van der Waals surface area (Å²) in [7, 11) is 0. The fraction of sp³-hybridized carbons (Fsp3) is 0.625. The summed E-state index contributed by atoms with van der Waals surface area (Å²) in [5, 5.41) is 10.2. The van der Waals surface area contributed by atoms with Crippen LogP contribution in [0, 0.1) is 0 Å². The molecule has 102 valence electrons. The molecule has 0 amide bonds. The molecule has 0 fully saturated rings. The molecule has 0 atom stereocenters. The second-order valence-corrected chi connectivity index (χ2v) is 6.77. The maximum absolute atomic E-state index is 10.2. The number of hydrogen-bond acceptors (Lipinski definition) is 2. The highest BCUT2D eigenvalue weighted by Crippen LogP contribution is 2.44. The predicted octanol–water partition coefficient (Wildman–Crippen LogP) is 4.39. The van der Waals surface area contributed by atoms with Crippen LogP contribution in [-0.4, -0.2) is 11.7 Å². The van der Waals surface area contributed by atoms with Gasteiger partial charge in [0.05, 0.1) is 6.61 Å². The van der Waals surface area contributed by atoms with Crippen LogP contribution < -0.4 is 4.74 Å². The molecule has 1 rings (SSSR count). The van der Waals surface area contributed by atoms with E-state index in [0.717, 1.165) is 16.9 Å². The third-order valence-electron chi connectivity index (χ3n) is 2.94. The highest BCUT2D eigenvalue weighted by Gasteiger charge is 2.31. The molecule has 1 N–H and O–H groups in total. The van der Waals surface area contributed by atoms with Crippen molar-refractivity contribution in [1.82, 2.24) is 0 Å². The SMILES string of the molecule is CCOc1ccc(O)c(C(C)(C)C)c1C(C)(C)C. The Labute approximate surface area is 111 Å². The van der Waals surface area contributed by atoms with Gasteiger partial charge in [0.1, 0.15) is 11.5 Å². The number of rotatable bonds is 2. The average molecular weight is 250 g/mol. The zero-order chi connectivity index (χ0) is 14.1. The van der Waals surface area contributed by atoms with Gasteiger partial charge in [0.2, 0.25) is 0 Å². The Balaban J connectivity index is 3.62. The largest absolute Gasteiger partial charge is 0.508 e. The smallest absolute Gasteiger partial charge is 0.123 e. The van der Waals surface area contributed by atoms with Crippen molar-refractivity contribution in [3.63, 3.8) is 0 Å². The van der Waals surface area contributed by atoms with E-state index in [2.05, 4.69) is 41.5 Å². The lowest BCUT2D eigenvalue weighted by Crippen LogP contribution is -2.23. The minimum Gasteiger partial charge on any atom is -0.508 e. The van der Waals surface area contributed by atoms with Gasteiger partial charge < -0.3 is 9.84 Å². The van der Waals surface area contributed by atoms with Gasteiger partial charge in [-0.15, -0.1) is 0 Å². The standard InChI is InChI=1S/C16H26O2/c1-8-18-12-10-9-11(17)13(15(2,3)4)14(12)16(5,6)7/h9-10,17H,8H2,1-7H3. The second kappa shape index (κ2) is 4.83. The summed E-state index contributed by atoms with van der Waals surface area (Å²) in [4.78, 5) is 0. The van der Waals surface area contributed by atoms with E-state index in [4.69, 9.17) is 4.74 Å². The van der Waals surface area contributed by atoms with E-state index in [1.54, 1.807) is 6.07 Å². The zero-order valence-corrected chi connectivity index (χ0v) is 12.7. The van der Waals surface area contributed by atoms with Crippen LogP contribution in [0.2, 0.25) is 0 Å². The summed E-state index contributed by atoms with van der Waals surface area (Å²) in [6, 6.07) is 3.61. The third kappa shape index (κ3) is 2.98. The van der Waals surface area contributed by atoms with Gasteiger partial charge in [-0.2, -0.15) is 0 Å². The first-order chi connectivity index (χ1) is 8.09. The van der Waals surface area contributed by atoms with Gasteiger partial charge in [-0.1, -0.05) is 41.5 Å². The monoisotopic (exact) mass is 250 g/mol. The molecule has 1 aromatic rings. The maximum atomic E-state index is 10.2. The van der Waals surface area contributed by atoms with Gasteiger partial charge >= 0.3 is 0 Å². The van der Waals surface area contributed by atoms with Crippen LogP contribution in [0.5, 0.6) is 11.5 Å². The van der Waals surface area contributed by atoms with Crippen LogP contribution in [0.25, 0.3) is 0 Å². The minimum absolute atomic E-state index is 0.0636. The van der Waals surface area contributed by atoms with Gasteiger partial charge in [0.25, 0.3) is 0 Å². The second-order valence-electron chi connectivity index (χ2n) is 6.77. The van der Waals surface area contributed by atoms with E-state index in [0.29, 0.717) is 12.4 Å². The molecule has 0 aliphatic carbocycles. The normalized spacial score (nSPS) is 12.6. The molecular weight excluding hydrogens is 224 g/mol. The molecule has 0 aromatic heterocycles. The summed E-state index contributed by atoms with van der Waals surface area (Å²) < 4.78 is 5.74. The van der Waals surface area contributed by atoms with E-state index >= 15 is 0 Å². The van der Waals surface area contributed by atoms with Crippen LogP contribution >= 0.6 is 0 Å². The van der Waals surface area contributed by atoms with Crippen LogP contribution in [0.1, 0.15) is 59.6 Å². The predicted molar refractivity (Wildman–Crippen MR) is 76.7 cm³/mol. The number of phenols is 1. The fourth-order valence-corrected chi connectivity index (χ4v) is 2.35. The van der Waals surface area contributed by atoms with Crippen molar-refractivity contribution >= 4 is 0 Å². The van der Waals surface area contributed by atoms with Crippen LogP contribution in [0.3, 0.4) is 0 Å². The molecule has 0 radical (unpaired) electrons. The van der Waals surface area contributed by atoms with Gasteiger partial charge in [0.15, 0.2) is 0 Å². The summed E-state index contributed by atoms with van der Waals surface area (Å²) in [6.45, 7) is 15.4. The molecule has 2 nitrogen and oxygen atoms in total. The van der Waals surface area contributed by atoms with Crippen molar-refractivity contribution < 1.29 is 9.84 Å². The molecule has 0 bridgehead atoms. The van der Waals surface area contributed by atoms with Gasteiger partial charge in [-0.3, -0.25) is 0 Å². The van der Waals surface area contributed by atoms with Crippen molar-refractivity contribution in [1.29, 1.82) is 0 Å². The van der Waals surface area contributed by atoms with Crippen LogP contribution in [0.4, 0.5) is 0 Å². The highest BCUT2D eigenvalue weighted by atomic mass is 16.5. The lowest BCUT2D eigenvalue weighted by atomic mass is 9.74. The molecule has 0 heterocycles. The van der Waals surface area contributed by atoms with Gasteiger partial charge in [0, 0.05) is 11.1 Å². The first-order valence-corrected chi connectivity index (χ1v) is 6.58. The minimum atomic E-state index is -0.111. The Morgan fingerprint density at radius 1 is 0.944 bits per heavy atom. The number of phenolic OH excluding ortho intramolecular Hbond substituents is 1. The van der Waals surface area contributed by atoms with Crippen molar-refractivity contribution in [2.24, 2.45) is 0 Å². The Morgan fingerprint density at radius 3 is 1.83 bits per heavy atom. The molecule has 0 aliphatic heterocycles. The molecule has 1 aromatic carbocycles. The Bertz CT molecular complexity index is 420. The van der Waals surface area contributed by atoms with E-state index in [1.807, 2.05) is 13.0 Å². The van der Waals surface area contributed by atoms with Gasteiger partial charge in [-0.25, -0.2) is 0 Å². The first kappa shape index (κ1) is 14.9. The fourth-order valence-electron chi connectivity index (χ4n) is 2.35. The van der Waals surface area contributed by atoms with Crippen molar-refractivity contribution in [3.8, 4) is 11.5 Å². The summed E-state index contributed by atoms with van der Waals surface area (Å²) in [5.41, 5.74) is 1.92. The zero-order valence-electron chi connectivity index (χ0n) is 12.7. The topological polar surface area (TPSA) is 29.5 Å². The van der Waals surface area contributed by atoms with Crippen molar-refractivity contribution in [2.75, 3.05) is 6.61 Å². The lowest BCUT2D eigenvalue weighted by Gasteiger charge is -2.32. The Morgan fingerprint density at radius 2 is 1.44 bits per heavy atom. The summed E-state index contributed by atoms with van der Waals surface area (Å²) in [6.07, 6.45) is 0. The number of ether oxygens (including phenoxy) is 1. The van der Waals surface area contributed by atoms with Crippen LogP contribution in [0.15, 0.2) is 12.1 Å². The van der Waals surface area contributed by atoms with E-state index < -0.39 is 0 Å². The molecule has 0 saturated carbocycles. The van der Waals surface area contributed by atoms with Crippen molar-refractivity contribution in [3.05, 3.63) is 23.3 Å².